The van der Waals surface area contributed by atoms with Crippen LogP contribution in [0, 0.1) is 5.82 Å². The minimum atomic E-state index is -0.541. The molecule has 0 radical (unpaired) electrons. The molecule has 7 nitrogen and oxygen atoms in total. The number of aromatic nitrogens is 3. The molecule has 2 N–H and O–H groups in total. The van der Waals surface area contributed by atoms with Gasteiger partial charge in [0.15, 0.2) is 5.82 Å². The Kier molecular flexibility index (Phi) is 5.17. The van der Waals surface area contributed by atoms with E-state index in [2.05, 4.69) is 20.9 Å². The van der Waals surface area contributed by atoms with Crippen molar-refractivity contribution in [1.29, 1.82) is 0 Å². The number of nitrogens with zero attached hydrogens (tertiary/aromatic N) is 3. The number of thioether (sulfide) groups is 1. The number of nitrogens with one attached hydrogen (secondary N) is 2. The van der Waals surface area contributed by atoms with Crippen LogP contribution in [0.15, 0.2) is 82.6 Å². The molecule has 0 aliphatic carbocycles. The van der Waals surface area contributed by atoms with Crippen molar-refractivity contribution in [3.8, 4) is 11.4 Å². The van der Waals surface area contributed by atoms with Crippen molar-refractivity contribution >= 4 is 17.7 Å². The number of furan rings is 1. The predicted octanol–water partition coefficient (Wildman–Crippen LogP) is 3.75. The van der Waals surface area contributed by atoms with E-state index in [1.54, 1.807) is 35.2 Å². The van der Waals surface area contributed by atoms with Crippen LogP contribution < -0.4 is 10.7 Å². The number of hydrogen-bond donors (Lipinski definition) is 2. The molecule has 2 aromatic heterocycles. The summed E-state index contributed by atoms with van der Waals surface area (Å²) in [5.41, 5.74) is 5.05. The first-order valence-corrected chi connectivity index (χ1v) is 10.6. The summed E-state index contributed by atoms with van der Waals surface area (Å²) in [6.45, 7) is 0.279. The maximum absolute atomic E-state index is 13.5. The first-order chi connectivity index (χ1) is 15.2. The second-order valence-corrected chi connectivity index (χ2v) is 8.11. The Bertz CT molecular complexity index is 1180. The molecule has 1 aliphatic rings. The van der Waals surface area contributed by atoms with E-state index in [9.17, 15) is 9.18 Å². The standard InChI is InChI=1S/C22H18FN5O2S/c23-16-10-8-14(9-11-16)18-19(21(29)24-13-17-7-4-12-30-17)31-22-26-25-20(28(22)27-18)15-5-2-1-3-6-15/h1-12,18-19,27H,13H2,(H,24,29). The molecule has 2 atom stereocenters. The van der Waals surface area contributed by atoms with Gasteiger partial charge in [0.1, 0.15) is 16.8 Å². The third-order valence-electron chi connectivity index (χ3n) is 4.97. The maximum atomic E-state index is 13.5. The lowest BCUT2D eigenvalue weighted by Gasteiger charge is -2.33. The summed E-state index contributed by atoms with van der Waals surface area (Å²) in [6, 6.07) is 18.9. The summed E-state index contributed by atoms with van der Waals surface area (Å²) in [4.78, 5) is 13.1. The lowest BCUT2D eigenvalue weighted by molar-refractivity contribution is -0.121. The van der Waals surface area contributed by atoms with Crippen molar-refractivity contribution in [3.63, 3.8) is 0 Å². The van der Waals surface area contributed by atoms with Gasteiger partial charge in [-0.1, -0.05) is 54.2 Å². The van der Waals surface area contributed by atoms with E-state index in [-0.39, 0.29) is 18.3 Å². The maximum Gasteiger partial charge on any atom is 0.236 e. The zero-order valence-corrected chi connectivity index (χ0v) is 17.1. The molecule has 5 rings (SSSR count). The summed E-state index contributed by atoms with van der Waals surface area (Å²) in [6.07, 6.45) is 1.56. The largest absolute Gasteiger partial charge is 0.467 e. The minimum absolute atomic E-state index is 0.182. The highest BCUT2D eigenvalue weighted by Crippen LogP contribution is 2.38. The van der Waals surface area contributed by atoms with Crippen molar-refractivity contribution in [2.75, 3.05) is 5.43 Å². The van der Waals surface area contributed by atoms with Gasteiger partial charge in [0.2, 0.25) is 11.1 Å². The molecule has 0 saturated heterocycles. The van der Waals surface area contributed by atoms with Crippen LogP contribution in [0.3, 0.4) is 0 Å². The smallest absolute Gasteiger partial charge is 0.236 e. The normalized spacial score (nSPS) is 17.6. The summed E-state index contributed by atoms with van der Waals surface area (Å²) in [7, 11) is 0. The second kappa shape index (κ2) is 8.27. The van der Waals surface area contributed by atoms with Gasteiger partial charge in [0, 0.05) is 5.56 Å². The Morgan fingerprint density at radius 3 is 2.65 bits per heavy atom. The quantitative estimate of drug-likeness (QED) is 0.497. The molecule has 2 aromatic carbocycles. The van der Waals surface area contributed by atoms with Gasteiger partial charge in [0.05, 0.1) is 18.8 Å². The third-order valence-corrected chi connectivity index (χ3v) is 6.19. The van der Waals surface area contributed by atoms with E-state index >= 15 is 0 Å². The van der Waals surface area contributed by atoms with Crippen molar-refractivity contribution in [3.05, 3.63) is 90.1 Å². The molecule has 0 fully saturated rings. The highest BCUT2D eigenvalue weighted by Gasteiger charge is 2.38. The topological polar surface area (TPSA) is 85.0 Å². The van der Waals surface area contributed by atoms with Crippen molar-refractivity contribution in [1.82, 2.24) is 20.2 Å². The Balaban J connectivity index is 1.47. The van der Waals surface area contributed by atoms with Crippen LogP contribution in [-0.2, 0) is 11.3 Å². The van der Waals surface area contributed by atoms with Gasteiger partial charge < -0.3 is 15.2 Å². The fraction of sp³-hybridized carbons (Fsp3) is 0.136. The zero-order chi connectivity index (χ0) is 21.2. The van der Waals surface area contributed by atoms with E-state index in [1.165, 1.54) is 23.9 Å². The summed E-state index contributed by atoms with van der Waals surface area (Å²) >= 11 is 1.32. The average molecular weight is 435 g/mol. The highest BCUT2D eigenvalue weighted by molar-refractivity contribution is 8.00. The van der Waals surface area contributed by atoms with Crippen LogP contribution >= 0.6 is 11.8 Å². The Hall–Kier alpha value is -3.59. The van der Waals surface area contributed by atoms with Gasteiger partial charge in [-0.15, -0.1) is 10.2 Å². The van der Waals surface area contributed by atoms with Gasteiger partial charge in [-0.2, -0.15) is 0 Å². The summed E-state index contributed by atoms with van der Waals surface area (Å²) in [5.74, 6) is 0.791. The molecule has 9 heteroatoms. The number of rotatable bonds is 5. The fourth-order valence-corrected chi connectivity index (χ4v) is 4.54. The lowest BCUT2D eigenvalue weighted by atomic mass is 10.0. The number of fused-ring (bicyclic) bond motifs is 1. The number of carbonyl (C=O) groups is 1. The van der Waals surface area contributed by atoms with E-state index in [0.29, 0.717) is 16.7 Å². The van der Waals surface area contributed by atoms with Crippen molar-refractivity contribution in [2.24, 2.45) is 0 Å². The third kappa shape index (κ3) is 3.91. The summed E-state index contributed by atoms with van der Waals surface area (Å²) in [5, 5.41) is 11.5. The van der Waals surface area contributed by atoms with Gasteiger partial charge in [-0.05, 0) is 29.8 Å². The molecule has 0 saturated carbocycles. The van der Waals surface area contributed by atoms with E-state index in [1.807, 2.05) is 30.3 Å². The molecule has 0 bridgehead atoms. The van der Waals surface area contributed by atoms with Gasteiger partial charge in [0.25, 0.3) is 0 Å². The Labute approximate surface area is 181 Å². The van der Waals surface area contributed by atoms with Crippen molar-refractivity contribution in [2.45, 2.75) is 23.0 Å². The first kappa shape index (κ1) is 19.4. The fourth-order valence-electron chi connectivity index (χ4n) is 3.44. The van der Waals surface area contributed by atoms with Crippen LogP contribution in [0.2, 0.25) is 0 Å². The zero-order valence-electron chi connectivity index (χ0n) is 16.2. The van der Waals surface area contributed by atoms with Gasteiger partial charge >= 0.3 is 0 Å². The molecule has 2 unspecified atom stereocenters. The SMILES string of the molecule is O=C(NCc1ccco1)C1Sc2nnc(-c3ccccc3)n2NC1c1ccc(F)cc1. The van der Waals surface area contributed by atoms with Gasteiger partial charge in [-0.25, -0.2) is 9.07 Å². The number of amides is 1. The molecule has 156 valence electrons. The minimum Gasteiger partial charge on any atom is -0.467 e. The van der Waals surface area contributed by atoms with Crippen LogP contribution in [-0.4, -0.2) is 26.0 Å². The Morgan fingerprint density at radius 2 is 1.90 bits per heavy atom. The lowest BCUT2D eigenvalue weighted by Crippen LogP contribution is -2.43. The number of hydrogen-bond acceptors (Lipinski definition) is 6. The van der Waals surface area contributed by atoms with Crippen LogP contribution in [0.1, 0.15) is 17.4 Å². The number of benzene rings is 2. The van der Waals surface area contributed by atoms with E-state index in [0.717, 1.165) is 11.1 Å². The number of halogens is 1. The van der Waals surface area contributed by atoms with E-state index in [4.69, 9.17) is 4.42 Å². The molecule has 1 aliphatic heterocycles. The van der Waals surface area contributed by atoms with E-state index < -0.39 is 11.3 Å². The molecule has 1 amide bonds. The molecule has 4 aromatic rings. The van der Waals surface area contributed by atoms with Crippen LogP contribution in [0.25, 0.3) is 11.4 Å². The predicted molar refractivity (Wildman–Crippen MR) is 114 cm³/mol. The van der Waals surface area contributed by atoms with Crippen LogP contribution in [0.4, 0.5) is 4.39 Å². The van der Waals surface area contributed by atoms with Gasteiger partial charge in [-0.3, -0.25) is 4.79 Å². The first-order valence-electron chi connectivity index (χ1n) is 9.68. The Morgan fingerprint density at radius 1 is 1.10 bits per heavy atom. The molecular formula is C22H18FN5O2S. The highest BCUT2D eigenvalue weighted by atomic mass is 32.2. The number of carbonyl (C=O) groups excluding carboxylic acids is 1. The van der Waals surface area contributed by atoms with Crippen LogP contribution in [0.5, 0.6) is 0 Å². The molecule has 3 heterocycles. The van der Waals surface area contributed by atoms with Crippen molar-refractivity contribution < 1.29 is 13.6 Å². The monoisotopic (exact) mass is 435 g/mol. The summed E-state index contributed by atoms with van der Waals surface area (Å²) < 4.78 is 20.6. The second-order valence-electron chi connectivity index (χ2n) is 7.00. The molecule has 31 heavy (non-hydrogen) atoms. The average Bonchev–Trinajstić information content (AvgIpc) is 3.47. The molecule has 0 spiro atoms. The molecular weight excluding hydrogens is 417 g/mol.